The summed E-state index contributed by atoms with van der Waals surface area (Å²) in [5.74, 6) is -3.92. The van der Waals surface area contributed by atoms with Gasteiger partial charge in [0, 0.05) is 36.0 Å². The molecule has 1 fully saturated rings. The van der Waals surface area contributed by atoms with Crippen molar-refractivity contribution in [1.82, 2.24) is 4.57 Å². The lowest BCUT2D eigenvalue weighted by molar-refractivity contribution is 0.0695. The van der Waals surface area contributed by atoms with Gasteiger partial charge in [-0.2, -0.15) is 11.8 Å². The van der Waals surface area contributed by atoms with Crippen LogP contribution in [0, 0.1) is 17.5 Å². The maximum Gasteiger partial charge on any atom is 0.341 e. The largest absolute Gasteiger partial charge is 0.477 e. The van der Waals surface area contributed by atoms with Crippen LogP contribution in [0.1, 0.15) is 16.8 Å². The number of anilines is 1. The zero-order chi connectivity index (χ0) is 21.6. The maximum absolute atomic E-state index is 14.9. The second kappa shape index (κ2) is 7.71. The van der Waals surface area contributed by atoms with Gasteiger partial charge in [0.1, 0.15) is 23.0 Å². The van der Waals surface area contributed by atoms with Crippen LogP contribution >= 0.6 is 11.8 Å². The highest BCUT2D eigenvalue weighted by atomic mass is 32.2. The Morgan fingerprint density at radius 1 is 1.13 bits per heavy atom. The van der Waals surface area contributed by atoms with Crippen LogP contribution < -0.4 is 10.3 Å². The van der Waals surface area contributed by atoms with Crippen molar-refractivity contribution in [2.24, 2.45) is 0 Å². The van der Waals surface area contributed by atoms with E-state index in [9.17, 15) is 27.9 Å². The fraction of sp³-hybridized carbons (Fsp3) is 0.238. The van der Waals surface area contributed by atoms with Gasteiger partial charge < -0.3 is 14.6 Å². The first kappa shape index (κ1) is 20.3. The molecule has 156 valence electrons. The van der Waals surface area contributed by atoms with Gasteiger partial charge in [0.25, 0.3) is 0 Å². The second-order valence-electron chi connectivity index (χ2n) is 7.06. The normalized spacial score (nSPS) is 16.4. The molecule has 3 aromatic rings. The summed E-state index contributed by atoms with van der Waals surface area (Å²) in [6.45, 7) is 1.24. The molecule has 1 aliphatic rings. The average molecular weight is 434 g/mol. The zero-order valence-corrected chi connectivity index (χ0v) is 16.7. The third-order valence-corrected chi connectivity index (χ3v) is 6.34. The Morgan fingerprint density at radius 2 is 1.87 bits per heavy atom. The number of pyridine rings is 1. The lowest BCUT2D eigenvalue weighted by Gasteiger charge is -2.21. The van der Waals surface area contributed by atoms with Gasteiger partial charge in [-0.15, -0.1) is 0 Å². The number of hydrogen-bond acceptors (Lipinski definition) is 4. The van der Waals surface area contributed by atoms with Gasteiger partial charge in [-0.3, -0.25) is 4.79 Å². The molecule has 0 amide bonds. The summed E-state index contributed by atoms with van der Waals surface area (Å²) in [6, 6.07) is 5.24. The Labute approximate surface area is 173 Å². The molecule has 1 N–H and O–H groups in total. The highest BCUT2D eigenvalue weighted by molar-refractivity contribution is 7.99. The number of aromatic nitrogens is 1. The smallest absolute Gasteiger partial charge is 0.341 e. The van der Waals surface area contributed by atoms with Crippen molar-refractivity contribution in [3.05, 3.63) is 69.8 Å². The molecule has 0 aliphatic carbocycles. The molecule has 1 saturated heterocycles. The minimum atomic E-state index is -1.52. The van der Waals surface area contributed by atoms with Crippen LogP contribution in [0.4, 0.5) is 18.9 Å². The van der Waals surface area contributed by atoms with Gasteiger partial charge in [-0.1, -0.05) is 0 Å². The topological polar surface area (TPSA) is 62.5 Å². The molecule has 4 rings (SSSR count). The number of fused-ring (bicyclic) bond motifs is 1. The summed E-state index contributed by atoms with van der Waals surface area (Å²) in [4.78, 5) is 26.0. The second-order valence-corrected chi connectivity index (χ2v) is 8.19. The van der Waals surface area contributed by atoms with Gasteiger partial charge in [-0.05, 0) is 36.9 Å². The predicted molar refractivity (Wildman–Crippen MR) is 111 cm³/mol. The first-order valence-corrected chi connectivity index (χ1v) is 10.4. The number of thioether (sulfide) groups is 1. The van der Waals surface area contributed by atoms with E-state index in [1.54, 1.807) is 11.8 Å². The number of rotatable bonds is 4. The Morgan fingerprint density at radius 3 is 2.50 bits per heavy atom. The van der Waals surface area contributed by atoms with E-state index in [1.165, 1.54) is 6.07 Å². The van der Waals surface area contributed by atoms with Crippen molar-refractivity contribution in [2.75, 3.05) is 24.2 Å². The van der Waals surface area contributed by atoms with E-state index in [0.717, 1.165) is 35.4 Å². The van der Waals surface area contributed by atoms with Crippen molar-refractivity contribution in [2.45, 2.75) is 11.7 Å². The Balaban J connectivity index is 2.01. The molecule has 0 radical (unpaired) electrons. The number of nitrogens with zero attached hydrogens (tertiary/aromatic N) is 2. The molecule has 1 atom stereocenters. The Kier molecular flexibility index (Phi) is 5.23. The third kappa shape index (κ3) is 3.43. The molecule has 1 aromatic heterocycles. The van der Waals surface area contributed by atoms with Gasteiger partial charge in [0.15, 0.2) is 0 Å². The molecule has 2 heterocycles. The SMILES string of the molecule is CSC1CCN(c2cc3c(cc2F)c(=O)c(C(=O)O)cn3-c2ccc(F)cc2F)C1. The highest BCUT2D eigenvalue weighted by Crippen LogP contribution is 2.32. The number of hydrogen-bond donors (Lipinski definition) is 1. The van der Waals surface area contributed by atoms with Crippen LogP contribution in [0.15, 0.2) is 41.3 Å². The number of benzene rings is 2. The van der Waals surface area contributed by atoms with Crippen LogP contribution in [0.3, 0.4) is 0 Å². The van der Waals surface area contributed by atoms with Crippen LogP contribution in [-0.2, 0) is 0 Å². The first-order valence-electron chi connectivity index (χ1n) is 9.15. The standard InChI is InChI=1S/C21H17F3N2O3S/c1-30-12-4-5-25(9-12)19-8-18-13(7-16(19)24)20(27)14(21(28)29)10-26(18)17-3-2-11(22)6-15(17)23/h2-3,6-8,10,12H,4-5,9H2,1H3,(H,28,29). The summed E-state index contributed by atoms with van der Waals surface area (Å²) in [7, 11) is 0. The molecular weight excluding hydrogens is 417 g/mol. The molecule has 0 bridgehead atoms. The summed E-state index contributed by atoms with van der Waals surface area (Å²) in [5, 5.41) is 9.54. The van der Waals surface area contributed by atoms with Crippen LogP contribution in [0.2, 0.25) is 0 Å². The first-order chi connectivity index (χ1) is 14.3. The average Bonchev–Trinajstić information content (AvgIpc) is 3.17. The van der Waals surface area contributed by atoms with Crippen molar-refractivity contribution in [3.8, 4) is 5.69 Å². The van der Waals surface area contributed by atoms with Gasteiger partial charge in [0.2, 0.25) is 5.43 Å². The van der Waals surface area contributed by atoms with E-state index in [2.05, 4.69) is 0 Å². The minimum absolute atomic E-state index is 0.138. The lowest BCUT2D eigenvalue weighted by atomic mass is 10.1. The number of carbonyl (C=O) groups is 1. The maximum atomic E-state index is 14.9. The predicted octanol–water partition coefficient (Wildman–Crippen LogP) is 4.05. The molecule has 0 saturated carbocycles. The third-order valence-electron chi connectivity index (χ3n) is 5.29. The molecule has 30 heavy (non-hydrogen) atoms. The number of halogens is 3. The molecule has 1 unspecified atom stereocenters. The van der Waals surface area contributed by atoms with E-state index in [1.807, 2.05) is 11.2 Å². The monoisotopic (exact) mass is 434 g/mol. The fourth-order valence-electron chi connectivity index (χ4n) is 3.74. The highest BCUT2D eigenvalue weighted by Gasteiger charge is 2.26. The molecular formula is C21H17F3N2O3S. The summed E-state index contributed by atoms with van der Waals surface area (Å²) in [6.07, 6.45) is 3.84. The molecule has 0 spiro atoms. The van der Waals surface area contributed by atoms with E-state index < -0.39 is 34.4 Å². The van der Waals surface area contributed by atoms with Crippen molar-refractivity contribution >= 4 is 34.3 Å². The van der Waals surface area contributed by atoms with E-state index in [0.29, 0.717) is 24.4 Å². The lowest BCUT2D eigenvalue weighted by Crippen LogP contribution is -2.23. The summed E-state index contributed by atoms with van der Waals surface area (Å²) in [5.41, 5.74) is -1.27. The fourth-order valence-corrected chi connectivity index (χ4v) is 4.41. The van der Waals surface area contributed by atoms with Crippen molar-refractivity contribution < 1.29 is 23.1 Å². The Hall–Kier alpha value is -2.94. The van der Waals surface area contributed by atoms with E-state index in [-0.39, 0.29) is 22.3 Å². The van der Waals surface area contributed by atoms with Gasteiger partial charge in [-0.25, -0.2) is 18.0 Å². The molecule has 1 aliphatic heterocycles. The molecule has 5 nitrogen and oxygen atoms in total. The number of carboxylic acids is 1. The number of carboxylic acid groups (broad SMARTS) is 1. The molecule has 2 aromatic carbocycles. The zero-order valence-electron chi connectivity index (χ0n) is 15.9. The van der Waals surface area contributed by atoms with E-state index >= 15 is 0 Å². The minimum Gasteiger partial charge on any atom is -0.477 e. The summed E-state index contributed by atoms with van der Waals surface area (Å²) >= 11 is 1.68. The van der Waals surface area contributed by atoms with Crippen molar-refractivity contribution in [3.63, 3.8) is 0 Å². The van der Waals surface area contributed by atoms with Crippen LogP contribution in [0.5, 0.6) is 0 Å². The quantitative estimate of drug-likeness (QED) is 0.671. The summed E-state index contributed by atoms with van der Waals surface area (Å²) < 4.78 is 44.0. The molecule has 9 heteroatoms. The van der Waals surface area contributed by atoms with Crippen LogP contribution in [-0.4, -0.2) is 40.2 Å². The van der Waals surface area contributed by atoms with Gasteiger partial charge >= 0.3 is 5.97 Å². The number of aromatic carboxylic acids is 1. The van der Waals surface area contributed by atoms with E-state index in [4.69, 9.17) is 0 Å². The van der Waals surface area contributed by atoms with Crippen LogP contribution in [0.25, 0.3) is 16.6 Å². The Bertz CT molecular complexity index is 1230. The van der Waals surface area contributed by atoms with Crippen molar-refractivity contribution in [1.29, 1.82) is 0 Å². The van der Waals surface area contributed by atoms with Gasteiger partial charge in [0.05, 0.1) is 16.9 Å².